The molecule has 1 N–H and O–H groups in total. The third-order valence-electron chi connectivity index (χ3n) is 4.85. The van der Waals surface area contributed by atoms with Gasteiger partial charge in [-0.15, -0.1) is 0 Å². The van der Waals surface area contributed by atoms with E-state index in [4.69, 9.17) is 0 Å². The molecule has 152 valence electrons. The van der Waals surface area contributed by atoms with Gasteiger partial charge in [-0.05, 0) is 18.2 Å². The fourth-order valence-corrected chi connectivity index (χ4v) is 3.43. The summed E-state index contributed by atoms with van der Waals surface area (Å²) in [4.78, 5) is 7.93. The molecule has 1 atom stereocenters. The maximum absolute atomic E-state index is 14.6. The standard InChI is InChI=1S/C22H13F5N2O/c23-12-4-5-13(29-10-12)8-15(18-19(26)16(24)9-17(25)20(18)27)14-6-3-11-2-1-7-28-21(11)22(14)30/h1-7,9-10,15,30H,8H2. The van der Waals surface area contributed by atoms with Gasteiger partial charge in [0.25, 0.3) is 0 Å². The van der Waals surface area contributed by atoms with Gasteiger partial charge >= 0.3 is 0 Å². The molecule has 4 aromatic rings. The first-order valence-corrected chi connectivity index (χ1v) is 8.86. The number of phenolic OH excluding ortho intramolecular Hbond substituents is 1. The summed E-state index contributed by atoms with van der Waals surface area (Å²) >= 11 is 0. The van der Waals surface area contributed by atoms with Crippen LogP contribution in [-0.2, 0) is 6.42 Å². The summed E-state index contributed by atoms with van der Waals surface area (Å²) < 4.78 is 70.3. The number of aromatic nitrogens is 2. The second-order valence-corrected chi connectivity index (χ2v) is 6.68. The second kappa shape index (κ2) is 7.70. The van der Waals surface area contributed by atoms with E-state index >= 15 is 0 Å². The summed E-state index contributed by atoms with van der Waals surface area (Å²) in [6, 6.07) is 8.77. The summed E-state index contributed by atoms with van der Waals surface area (Å²) in [5.74, 6) is -8.67. The van der Waals surface area contributed by atoms with Crippen molar-refractivity contribution in [1.29, 1.82) is 0 Å². The average molecular weight is 416 g/mol. The van der Waals surface area contributed by atoms with Crippen LogP contribution >= 0.6 is 0 Å². The topological polar surface area (TPSA) is 46.0 Å². The van der Waals surface area contributed by atoms with E-state index in [-0.39, 0.29) is 35.0 Å². The minimum atomic E-state index is -1.58. The summed E-state index contributed by atoms with van der Waals surface area (Å²) in [6.45, 7) is 0. The first-order valence-electron chi connectivity index (χ1n) is 8.86. The molecule has 1 unspecified atom stereocenters. The normalized spacial score (nSPS) is 12.3. The van der Waals surface area contributed by atoms with Gasteiger partial charge in [0.2, 0.25) is 0 Å². The zero-order valence-electron chi connectivity index (χ0n) is 15.2. The lowest BCUT2D eigenvalue weighted by Gasteiger charge is -2.21. The Labute approximate surface area is 167 Å². The number of aromatic hydroxyl groups is 1. The fourth-order valence-electron chi connectivity index (χ4n) is 3.43. The molecule has 0 bridgehead atoms. The number of hydrogen-bond acceptors (Lipinski definition) is 3. The molecule has 0 spiro atoms. The van der Waals surface area contributed by atoms with Gasteiger partial charge in [0.05, 0.1) is 6.20 Å². The summed E-state index contributed by atoms with van der Waals surface area (Å²) in [7, 11) is 0. The van der Waals surface area contributed by atoms with Crippen LogP contribution in [-0.4, -0.2) is 15.1 Å². The Morgan fingerprint density at radius 3 is 2.27 bits per heavy atom. The van der Waals surface area contributed by atoms with Crippen molar-refractivity contribution in [2.75, 3.05) is 0 Å². The van der Waals surface area contributed by atoms with Crippen molar-refractivity contribution in [3.8, 4) is 5.75 Å². The lowest BCUT2D eigenvalue weighted by Crippen LogP contribution is -2.14. The van der Waals surface area contributed by atoms with E-state index in [1.54, 1.807) is 18.2 Å². The Morgan fingerprint density at radius 1 is 0.867 bits per heavy atom. The van der Waals surface area contributed by atoms with Gasteiger partial charge < -0.3 is 5.11 Å². The molecular formula is C22H13F5N2O. The number of phenols is 1. The van der Waals surface area contributed by atoms with E-state index in [0.29, 0.717) is 5.39 Å². The summed E-state index contributed by atoms with van der Waals surface area (Å²) in [6.07, 6.45) is 2.07. The lowest BCUT2D eigenvalue weighted by atomic mass is 9.85. The van der Waals surface area contributed by atoms with E-state index in [0.717, 1.165) is 12.3 Å². The average Bonchev–Trinajstić information content (AvgIpc) is 2.74. The van der Waals surface area contributed by atoms with Crippen LogP contribution in [0.25, 0.3) is 10.9 Å². The van der Waals surface area contributed by atoms with Crippen molar-refractivity contribution >= 4 is 10.9 Å². The minimum Gasteiger partial charge on any atom is -0.505 e. The highest BCUT2D eigenvalue weighted by atomic mass is 19.2. The second-order valence-electron chi connectivity index (χ2n) is 6.68. The number of hydrogen-bond donors (Lipinski definition) is 1. The lowest BCUT2D eigenvalue weighted by molar-refractivity contribution is 0.426. The van der Waals surface area contributed by atoms with Crippen LogP contribution < -0.4 is 0 Å². The molecule has 0 aliphatic heterocycles. The van der Waals surface area contributed by atoms with Gasteiger partial charge in [-0.1, -0.05) is 18.2 Å². The highest BCUT2D eigenvalue weighted by Gasteiger charge is 2.30. The Hall–Kier alpha value is -3.55. The monoisotopic (exact) mass is 416 g/mol. The SMILES string of the molecule is Oc1c(C(Cc2ccc(F)cn2)c2c(F)c(F)cc(F)c2F)ccc2cccnc12. The van der Waals surface area contributed by atoms with E-state index in [9.17, 15) is 27.1 Å². The largest absolute Gasteiger partial charge is 0.505 e. The van der Waals surface area contributed by atoms with E-state index < -0.39 is 40.6 Å². The van der Waals surface area contributed by atoms with Crippen LogP contribution in [0.1, 0.15) is 22.7 Å². The Kier molecular flexibility index (Phi) is 5.07. The van der Waals surface area contributed by atoms with Gasteiger partial charge in [-0.25, -0.2) is 22.0 Å². The zero-order valence-corrected chi connectivity index (χ0v) is 15.2. The maximum Gasteiger partial charge on any atom is 0.165 e. The molecule has 2 heterocycles. The van der Waals surface area contributed by atoms with E-state index in [1.165, 1.54) is 18.3 Å². The van der Waals surface area contributed by atoms with Crippen molar-refractivity contribution < 1.29 is 27.1 Å². The number of halogens is 5. The van der Waals surface area contributed by atoms with Crippen LogP contribution in [0.15, 0.2) is 54.9 Å². The molecule has 0 amide bonds. The molecule has 30 heavy (non-hydrogen) atoms. The molecule has 2 aromatic carbocycles. The molecule has 0 fully saturated rings. The molecule has 0 aliphatic rings. The van der Waals surface area contributed by atoms with Crippen LogP contribution in [0.3, 0.4) is 0 Å². The third-order valence-corrected chi connectivity index (χ3v) is 4.85. The Morgan fingerprint density at radius 2 is 1.60 bits per heavy atom. The molecule has 3 nitrogen and oxygen atoms in total. The third kappa shape index (κ3) is 3.45. The number of pyridine rings is 2. The van der Waals surface area contributed by atoms with Gasteiger partial charge in [0.15, 0.2) is 23.3 Å². The van der Waals surface area contributed by atoms with Crippen molar-refractivity contribution in [1.82, 2.24) is 9.97 Å². The van der Waals surface area contributed by atoms with Gasteiger partial charge in [0, 0.05) is 46.8 Å². The number of fused-ring (bicyclic) bond motifs is 1. The molecule has 0 saturated heterocycles. The maximum atomic E-state index is 14.6. The highest BCUT2D eigenvalue weighted by molar-refractivity contribution is 5.85. The molecular weight excluding hydrogens is 403 g/mol. The molecule has 2 aromatic heterocycles. The Balaban J connectivity index is 1.96. The van der Waals surface area contributed by atoms with E-state index in [1.807, 2.05) is 0 Å². The van der Waals surface area contributed by atoms with Crippen LogP contribution in [0.5, 0.6) is 5.75 Å². The molecule has 8 heteroatoms. The van der Waals surface area contributed by atoms with Crippen LogP contribution in [0.4, 0.5) is 22.0 Å². The van der Waals surface area contributed by atoms with Crippen LogP contribution in [0.2, 0.25) is 0 Å². The van der Waals surface area contributed by atoms with Gasteiger partial charge in [-0.3, -0.25) is 9.97 Å². The predicted molar refractivity (Wildman–Crippen MR) is 99.4 cm³/mol. The number of rotatable bonds is 4. The molecule has 0 aliphatic carbocycles. The van der Waals surface area contributed by atoms with Gasteiger partial charge in [0.1, 0.15) is 17.1 Å². The van der Waals surface area contributed by atoms with Crippen molar-refractivity contribution in [2.45, 2.75) is 12.3 Å². The predicted octanol–water partition coefficient (Wildman–Crippen LogP) is 5.41. The molecule has 4 rings (SSSR count). The summed E-state index contributed by atoms with van der Waals surface area (Å²) in [5.41, 5.74) is -0.547. The quantitative estimate of drug-likeness (QED) is 0.358. The first-order chi connectivity index (χ1) is 14.4. The van der Waals surface area contributed by atoms with Crippen molar-refractivity contribution in [2.24, 2.45) is 0 Å². The fraction of sp³-hybridized carbons (Fsp3) is 0.0909. The van der Waals surface area contributed by atoms with Crippen LogP contribution in [0, 0.1) is 29.1 Å². The van der Waals surface area contributed by atoms with Gasteiger partial charge in [-0.2, -0.15) is 0 Å². The van der Waals surface area contributed by atoms with Crippen molar-refractivity contribution in [3.63, 3.8) is 0 Å². The number of nitrogens with zero attached hydrogens (tertiary/aromatic N) is 2. The summed E-state index contributed by atoms with van der Waals surface area (Å²) in [5, 5.41) is 11.3. The van der Waals surface area contributed by atoms with Crippen molar-refractivity contribution in [3.05, 3.63) is 101 Å². The smallest absolute Gasteiger partial charge is 0.165 e. The Bertz CT molecular complexity index is 1220. The zero-order chi connectivity index (χ0) is 21.4. The highest BCUT2D eigenvalue weighted by Crippen LogP contribution is 2.40. The van der Waals surface area contributed by atoms with E-state index in [2.05, 4.69) is 9.97 Å². The molecule has 0 saturated carbocycles. The molecule has 0 radical (unpaired) electrons. The minimum absolute atomic E-state index is 0.00451. The first kappa shape index (κ1) is 19.8. The number of benzene rings is 2.